The number of nitrogens with one attached hydrogen (secondary N) is 1. The van der Waals surface area contributed by atoms with Gasteiger partial charge in [0, 0.05) is 27.7 Å². The number of para-hydroxylation sites is 1. The highest BCUT2D eigenvalue weighted by molar-refractivity contribution is 5.97. The van der Waals surface area contributed by atoms with Crippen LogP contribution in [-0.4, -0.2) is 67.0 Å². The predicted molar refractivity (Wildman–Crippen MR) is 137 cm³/mol. The van der Waals surface area contributed by atoms with Crippen LogP contribution in [0.5, 0.6) is 5.75 Å². The molecule has 1 N–H and O–H groups in total. The Kier molecular flexibility index (Phi) is 10.6. The fourth-order valence-electron chi connectivity index (χ4n) is 4.06. The molecule has 2 aromatic rings. The number of carbonyl (C=O) groups excluding carboxylic acids is 5. The zero-order valence-corrected chi connectivity index (χ0v) is 22.5. The molecule has 1 aliphatic heterocycles. The van der Waals surface area contributed by atoms with Crippen molar-refractivity contribution in [2.24, 2.45) is 0 Å². The number of ether oxygens (including phenoxy) is 6. The Morgan fingerprint density at radius 2 is 1.35 bits per heavy atom. The Morgan fingerprint density at radius 3 is 1.98 bits per heavy atom. The summed E-state index contributed by atoms with van der Waals surface area (Å²) >= 11 is 0. The van der Waals surface area contributed by atoms with Crippen molar-refractivity contribution >= 4 is 29.8 Å². The molecule has 1 aliphatic rings. The lowest BCUT2D eigenvalue weighted by Crippen LogP contribution is -2.67. The van der Waals surface area contributed by atoms with Gasteiger partial charge in [0.1, 0.15) is 31.1 Å². The smallest absolute Gasteiger partial charge is 0.305 e. The van der Waals surface area contributed by atoms with Gasteiger partial charge < -0.3 is 33.7 Å². The van der Waals surface area contributed by atoms with Crippen molar-refractivity contribution in [2.45, 2.75) is 64.9 Å². The Balaban J connectivity index is 1.93. The number of amides is 1. The molecule has 0 saturated carbocycles. The SMILES string of the molecule is CC(=O)OC[C@H]1OC(OC(C)=O)[C@H](NC(=O)c2ccccc2OCc2ccccc2)[C@@H](OC(C)=O)[C@@H]1OC(C)=O. The Hall–Kier alpha value is -4.45. The second kappa shape index (κ2) is 14.1. The number of benzene rings is 2. The van der Waals surface area contributed by atoms with Crippen LogP contribution in [0.3, 0.4) is 0 Å². The average Bonchev–Trinajstić information content (AvgIpc) is 2.89. The maximum atomic E-state index is 13.5. The van der Waals surface area contributed by atoms with E-state index in [0.29, 0.717) is 0 Å². The zero-order chi connectivity index (χ0) is 29.2. The molecule has 40 heavy (non-hydrogen) atoms. The van der Waals surface area contributed by atoms with Crippen molar-refractivity contribution in [3.8, 4) is 5.75 Å². The highest BCUT2D eigenvalue weighted by Crippen LogP contribution is 2.29. The van der Waals surface area contributed by atoms with Crippen LogP contribution in [0.2, 0.25) is 0 Å². The van der Waals surface area contributed by atoms with Crippen molar-refractivity contribution < 1.29 is 52.4 Å². The van der Waals surface area contributed by atoms with Crippen LogP contribution >= 0.6 is 0 Å². The molecule has 12 heteroatoms. The van der Waals surface area contributed by atoms with Crippen LogP contribution < -0.4 is 10.1 Å². The maximum absolute atomic E-state index is 13.5. The minimum absolute atomic E-state index is 0.132. The summed E-state index contributed by atoms with van der Waals surface area (Å²) in [5.41, 5.74) is 1.01. The van der Waals surface area contributed by atoms with Gasteiger partial charge in [-0.15, -0.1) is 0 Å². The minimum atomic E-state index is -1.50. The lowest BCUT2D eigenvalue weighted by atomic mass is 9.95. The summed E-state index contributed by atoms with van der Waals surface area (Å²) in [6.45, 7) is 4.30. The topological polar surface area (TPSA) is 153 Å². The van der Waals surface area contributed by atoms with Crippen molar-refractivity contribution in [2.75, 3.05) is 6.61 Å². The van der Waals surface area contributed by atoms with E-state index in [1.54, 1.807) is 18.2 Å². The Bertz CT molecular complexity index is 1220. The molecule has 1 heterocycles. The van der Waals surface area contributed by atoms with Gasteiger partial charge in [-0.25, -0.2) is 0 Å². The first-order chi connectivity index (χ1) is 19.0. The molecule has 2 aromatic carbocycles. The van der Waals surface area contributed by atoms with Gasteiger partial charge in [-0.2, -0.15) is 0 Å². The summed E-state index contributed by atoms with van der Waals surface area (Å²) < 4.78 is 32.9. The molecule has 214 valence electrons. The van der Waals surface area contributed by atoms with E-state index in [9.17, 15) is 24.0 Å². The molecule has 3 rings (SSSR count). The third kappa shape index (κ3) is 8.53. The largest absolute Gasteiger partial charge is 0.488 e. The van der Waals surface area contributed by atoms with E-state index in [-0.39, 0.29) is 17.9 Å². The molecule has 1 saturated heterocycles. The second-order valence-corrected chi connectivity index (χ2v) is 8.87. The molecule has 1 unspecified atom stereocenters. The van der Waals surface area contributed by atoms with Crippen LogP contribution in [0.15, 0.2) is 54.6 Å². The number of rotatable bonds is 10. The lowest BCUT2D eigenvalue weighted by molar-refractivity contribution is -0.270. The standard InChI is InChI=1S/C28H31NO11/c1-16(30)35-15-23-25(37-17(2)31)26(38-18(3)32)24(28(40-23)39-19(4)33)29-27(34)21-12-8-9-13-22(21)36-14-20-10-6-5-7-11-20/h5-13,23-26,28H,14-15H2,1-4H3,(H,29,34)/t23-,24-,25-,26-,28?/m1/s1. The number of esters is 4. The van der Waals surface area contributed by atoms with Gasteiger partial charge >= 0.3 is 23.9 Å². The second-order valence-electron chi connectivity index (χ2n) is 8.87. The van der Waals surface area contributed by atoms with Gasteiger partial charge in [-0.3, -0.25) is 24.0 Å². The zero-order valence-electron chi connectivity index (χ0n) is 22.5. The van der Waals surface area contributed by atoms with Crippen LogP contribution in [0.4, 0.5) is 0 Å². The molecule has 0 aliphatic carbocycles. The van der Waals surface area contributed by atoms with Gasteiger partial charge in [0.25, 0.3) is 5.91 Å². The van der Waals surface area contributed by atoms with E-state index in [4.69, 9.17) is 28.4 Å². The summed E-state index contributed by atoms with van der Waals surface area (Å²) in [6, 6.07) is 14.5. The van der Waals surface area contributed by atoms with E-state index in [2.05, 4.69) is 5.32 Å². The van der Waals surface area contributed by atoms with E-state index >= 15 is 0 Å². The molecule has 0 spiro atoms. The number of hydrogen-bond donors (Lipinski definition) is 1. The molecule has 5 atom stereocenters. The Labute approximate surface area is 230 Å². The summed E-state index contributed by atoms with van der Waals surface area (Å²) in [5.74, 6) is -3.36. The third-order valence-electron chi connectivity index (χ3n) is 5.65. The van der Waals surface area contributed by atoms with Crippen molar-refractivity contribution in [3.05, 3.63) is 65.7 Å². The first kappa shape index (κ1) is 30.1. The first-order valence-electron chi connectivity index (χ1n) is 12.4. The number of hydrogen-bond acceptors (Lipinski definition) is 11. The van der Waals surface area contributed by atoms with Gasteiger partial charge in [0.15, 0.2) is 12.2 Å². The minimum Gasteiger partial charge on any atom is -0.488 e. The Morgan fingerprint density at radius 1 is 0.750 bits per heavy atom. The van der Waals surface area contributed by atoms with Crippen molar-refractivity contribution in [1.82, 2.24) is 5.32 Å². The third-order valence-corrected chi connectivity index (χ3v) is 5.65. The monoisotopic (exact) mass is 557 g/mol. The normalized spacial score (nSPS) is 21.9. The van der Waals surface area contributed by atoms with Gasteiger partial charge in [0.05, 0.1) is 5.56 Å². The summed E-state index contributed by atoms with van der Waals surface area (Å²) in [4.78, 5) is 61.0. The molecule has 0 aromatic heterocycles. The molecule has 0 radical (unpaired) electrons. The van der Waals surface area contributed by atoms with E-state index in [1.807, 2.05) is 30.3 Å². The fourth-order valence-corrected chi connectivity index (χ4v) is 4.06. The maximum Gasteiger partial charge on any atom is 0.305 e. The molecule has 0 bridgehead atoms. The van der Waals surface area contributed by atoms with E-state index < -0.39 is 67.0 Å². The summed E-state index contributed by atoms with van der Waals surface area (Å²) in [7, 11) is 0. The predicted octanol–water partition coefficient (Wildman–Crippen LogP) is 2.08. The van der Waals surface area contributed by atoms with Crippen LogP contribution in [-0.2, 0) is 49.5 Å². The summed E-state index contributed by atoms with van der Waals surface area (Å²) in [5, 5.41) is 2.68. The average molecular weight is 558 g/mol. The highest BCUT2D eigenvalue weighted by atomic mass is 16.7. The van der Waals surface area contributed by atoms with Gasteiger partial charge in [0.2, 0.25) is 6.29 Å². The lowest BCUT2D eigenvalue weighted by Gasteiger charge is -2.44. The summed E-state index contributed by atoms with van der Waals surface area (Å²) in [6.07, 6.45) is -5.42. The van der Waals surface area contributed by atoms with Crippen molar-refractivity contribution in [3.63, 3.8) is 0 Å². The van der Waals surface area contributed by atoms with E-state index in [1.165, 1.54) is 6.07 Å². The first-order valence-corrected chi connectivity index (χ1v) is 12.4. The molecular formula is C28H31NO11. The molecule has 12 nitrogen and oxygen atoms in total. The quantitative estimate of drug-likeness (QED) is 0.337. The van der Waals surface area contributed by atoms with Gasteiger partial charge in [-0.1, -0.05) is 42.5 Å². The molecule has 1 fully saturated rings. The fraction of sp³-hybridized carbons (Fsp3) is 0.393. The van der Waals surface area contributed by atoms with Gasteiger partial charge in [-0.05, 0) is 17.7 Å². The number of carbonyl (C=O) groups is 5. The van der Waals surface area contributed by atoms with Crippen molar-refractivity contribution in [1.29, 1.82) is 0 Å². The van der Waals surface area contributed by atoms with Crippen LogP contribution in [0.1, 0.15) is 43.6 Å². The molecule has 1 amide bonds. The molecular weight excluding hydrogens is 526 g/mol. The van der Waals surface area contributed by atoms with E-state index in [0.717, 1.165) is 33.3 Å². The highest BCUT2D eigenvalue weighted by Gasteiger charge is 2.52. The van der Waals surface area contributed by atoms with Crippen LogP contribution in [0.25, 0.3) is 0 Å². The van der Waals surface area contributed by atoms with Crippen LogP contribution in [0, 0.1) is 0 Å².